The first-order valence-electron chi connectivity index (χ1n) is 9.99. The molecule has 0 spiro atoms. The molecule has 1 saturated heterocycles. The van der Waals surface area contributed by atoms with Crippen molar-refractivity contribution in [1.82, 2.24) is 10.2 Å². The number of hydrogen-bond donors (Lipinski definition) is 1. The van der Waals surface area contributed by atoms with Gasteiger partial charge in [0.1, 0.15) is 5.75 Å². The van der Waals surface area contributed by atoms with E-state index in [1.165, 1.54) is 5.56 Å². The molecular formula is C21H36IN3O3. The van der Waals surface area contributed by atoms with E-state index in [2.05, 4.69) is 29.3 Å². The molecule has 1 aromatic carbocycles. The molecule has 1 N–H and O–H groups in total. The van der Waals surface area contributed by atoms with Gasteiger partial charge in [-0.2, -0.15) is 0 Å². The molecule has 0 radical (unpaired) electrons. The second-order valence-corrected chi connectivity index (χ2v) is 6.86. The van der Waals surface area contributed by atoms with Crippen LogP contribution in [0, 0.1) is 5.92 Å². The van der Waals surface area contributed by atoms with Gasteiger partial charge >= 0.3 is 0 Å². The lowest BCUT2D eigenvalue weighted by atomic mass is 10.1. The summed E-state index contributed by atoms with van der Waals surface area (Å²) in [4.78, 5) is 7.20. The van der Waals surface area contributed by atoms with Crippen LogP contribution in [0.5, 0.6) is 5.75 Å². The third-order valence-electron chi connectivity index (χ3n) is 4.72. The lowest BCUT2D eigenvalue weighted by molar-refractivity contribution is 0.0536. The molecule has 7 heteroatoms. The van der Waals surface area contributed by atoms with Gasteiger partial charge in [0.25, 0.3) is 0 Å². The Morgan fingerprint density at radius 3 is 2.89 bits per heavy atom. The van der Waals surface area contributed by atoms with Crippen molar-refractivity contribution in [2.24, 2.45) is 10.9 Å². The van der Waals surface area contributed by atoms with Crippen molar-refractivity contribution in [2.75, 3.05) is 60.2 Å². The molecule has 1 aliphatic heterocycles. The fraction of sp³-hybridized carbons (Fsp3) is 0.667. The highest BCUT2D eigenvalue weighted by molar-refractivity contribution is 14.0. The van der Waals surface area contributed by atoms with Gasteiger partial charge in [0, 0.05) is 39.2 Å². The minimum Gasteiger partial charge on any atom is -0.497 e. The van der Waals surface area contributed by atoms with Gasteiger partial charge < -0.3 is 24.4 Å². The molecule has 0 aliphatic carbocycles. The Morgan fingerprint density at radius 2 is 2.14 bits per heavy atom. The summed E-state index contributed by atoms with van der Waals surface area (Å²) in [6.45, 7) is 8.02. The van der Waals surface area contributed by atoms with Gasteiger partial charge in [-0.3, -0.25) is 4.99 Å². The second-order valence-electron chi connectivity index (χ2n) is 6.86. The summed E-state index contributed by atoms with van der Waals surface area (Å²) in [5.41, 5.74) is 1.30. The van der Waals surface area contributed by atoms with Crippen molar-refractivity contribution in [2.45, 2.75) is 26.2 Å². The van der Waals surface area contributed by atoms with Gasteiger partial charge in [-0.1, -0.05) is 12.1 Å². The highest BCUT2D eigenvalue weighted by Gasteiger charge is 2.24. The number of methoxy groups -OCH3 is 2. The quantitative estimate of drug-likeness (QED) is 0.217. The van der Waals surface area contributed by atoms with Crippen LogP contribution in [-0.4, -0.2) is 71.1 Å². The number of benzene rings is 1. The van der Waals surface area contributed by atoms with Crippen LogP contribution in [0.1, 0.15) is 25.3 Å². The van der Waals surface area contributed by atoms with Crippen LogP contribution in [0.25, 0.3) is 0 Å². The van der Waals surface area contributed by atoms with Crippen molar-refractivity contribution in [3.8, 4) is 5.75 Å². The number of aryl methyl sites for hydroxylation is 1. The maximum Gasteiger partial charge on any atom is 0.193 e. The Kier molecular flexibility index (Phi) is 13.3. The summed E-state index contributed by atoms with van der Waals surface area (Å²) < 4.78 is 16.0. The number of hydrogen-bond acceptors (Lipinski definition) is 4. The first kappa shape index (κ1) is 25.0. The average molecular weight is 505 g/mol. The Bertz CT molecular complexity index is 572. The number of likely N-dealkylation sites (tertiary alicyclic amines) is 1. The van der Waals surface area contributed by atoms with Crippen LogP contribution in [-0.2, 0) is 15.9 Å². The van der Waals surface area contributed by atoms with Gasteiger partial charge in [-0.15, -0.1) is 24.0 Å². The summed E-state index contributed by atoms with van der Waals surface area (Å²) in [7, 11) is 3.41. The van der Waals surface area contributed by atoms with Crippen molar-refractivity contribution >= 4 is 29.9 Å². The van der Waals surface area contributed by atoms with Crippen molar-refractivity contribution in [3.05, 3.63) is 29.8 Å². The van der Waals surface area contributed by atoms with E-state index in [-0.39, 0.29) is 24.0 Å². The number of ether oxygens (including phenoxy) is 3. The van der Waals surface area contributed by atoms with E-state index in [1.807, 2.05) is 12.1 Å². The van der Waals surface area contributed by atoms with Crippen LogP contribution in [0.3, 0.4) is 0 Å². The molecule has 1 aromatic rings. The first-order valence-corrected chi connectivity index (χ1v) is 9.99. The van der Waals surface area contributed by atoms with Gasteiger partial charge in [0.05, 0.1) is 26.9 Å². The number of rotatable bonds is 11. The smallest absolute Gasteiger partial charge is 0.193 e. The Labute approximate surface area is 187 Å². The zero-order valence-electron chi connectivity index (χ0n) is 17.5. The normalized spacial score (nSPS) is 16.8. The monoisotopic (exact) mass is 505 g/mol. The number of aliphatic imine (C=N–C) groups is 1. The number of halogens is 1. The molecular weight excluding hydrogens is 469 g/mol. The molecule has 0 saturated carbocycles. The highest BCUT2D eigenvalue weighted by atomic mass is 127. The highest BCUT2D eigenvalue weighted by Crippen LogP contribution is 2.17. The number of guanidine groups is 1. The largest absolute Gasteiger partial charge is 0.497 e. The summed E-state index contributed by atoms with van der Waals surface area (Å²) in [6.07, 6.45) is 3.19. The zero-order chi connectivity index (χ0) is 19.3. The molecule has 2 rings (SSSR count). The van der Waals surface area contributed by atoms with E-state index in [9.17, 15) is 0 Å². The summed E-state index contributed by atoms with van der Waals surface area (Å²) in [5.74, 6) is 2.52. The Morgan fingerprint density at radius 1 is 1.29 bits per heavy atom. The standard InChI is InChI=1S/C21H35N3O3.HI/c1-4-22-21(24-12-10-19(16-24)17-27-14-13-25-2)23-11-6-8-18-7-5-9-20(15-18)26-3;/h5,7,9,15,19H,4,6,8,10-14,16-17H2,1-3H3,(H,22,23);1H. The topological polar surface area (TPSA) is 55.3 Å². The summed E-state index contributed by atoms with van der Waals surface area (Å²) in [5, 5.41) is 3.43. The first-order chi connectivity index (χ1) is 13.3. The van der Waals surface area contributed by atoms with Gasteiger partial charge in [-0.05, 0) is 43.9 Å². The minimum absolute atomic E-state index is 0. The maximum atomic E-state index is 5.69. The molecule has 1 atom stereocenters. The molecule has 0 bridgehead atoms. The average Bonchev–Trinajstić information content (AvgIpc) is 3.16. The third kappa shape index (κ3) is 8.96. The van der Waals surface area contributed by atoms with Crippen molar-refractivity contribution in [3.63, 3.8) is 0 Å². The van der Waals surface area contributed by atoms with Gasteiger partial charge in [0.15, 0.2) is 5.96 Å². The Hall–Kier alpha value is -1.06. The van der Waals surface area contributed by atoms with Crippen LogP contribution in [0.4, 0.5) is 0 Å². The molecule has 1 aliphatic rings. The fourth-order valence-electron chi connectivity index (χ4n) is 3.28. The van der Waals surface area contributed by atoms with E-state index in [0.717, 1.165) is 63.8 Å². The summed E-state index contributed by atoms with van der Waals surface area (Å²) in [6, 6.07) is 8.27. The van der Waals surface area contributed by atoms with Crippen LogP contribution in [0.2, 0.25) is 0 Å². The molecule has 0 aromatic heterocycles. The fourth-order valence-corrected chi connectivity index (χ4v) is 3.28. The van der Waals surface area contributed by atoms with Crippen molar-refractivity contribution in [1.29, 1.82) is 0 Å². The molecule has 6 nitrogen and oxygen atoms in total. The molecule has 0 amide bonds. The molecule has 160 valence electrons. The maximum absolute atomic E-state index is 5.69. The van der Waals surface area contributed by atoms with E-state index in [1.54, 1.807) is 14.2 Å². The van der Waals surface area contributed by atoms with Crippen molar-refractivity contribution < 1.29 is 14.2 Å². The molecule has 1 fully saturated rings. The Balaban J connectivity index is 0.00000392. The summed E-state index contributed by atoms with van der Waals surface area (Å²) >= 11 is 0. The second kappa shape index (κ2) is 14.9. The third-order valence-corrected chi connectivity index (χ3v) is 4.72. The van der Waals surface area contributed by atoms with Gasteiger partial charge in [-0.25, -0.2) is 0 Å². The SMILES string of the molecule is CCNC(=NCCCc1cccc(OC)c1)N1CCC(COCCOC)C1.I. The lowest BCUT2D eigenvalue weighted by Gasteiger charge is -2.21. The predicted molar refractivity (Wildman–Crippen MR) is 125 cm³/mol. The molecule has 1 unspecified atom stereocenters. The minimum atomic E-state index is 0. The molecule has 1 heterocycles. The number of nitrogens with one attached hydrogen (secondary N) is 1. The van der Waals surface area contributed by atoms with Gasteiger partial charge in [0.2, 0.25) is 0 Å². The van der Waals surface area contributed by atoms with E-state index in [4.69, 9.17) is 19.2 Å². The lowest BCUT2D eigenvalue weighted by Crippen LogP contribution is -2.40. The predicted octanol–water partition coefficient (Wildman–Crippen LogP) is 3.20. The van der Waals surface area contributed by atoms with Crippen LogP contribution < -0.4 is 10.1 Å². The van der Waals surface area contributed by atoms with E-state index >= 15 is 0 Å². The zero-order valence-corrected chi connectivity index (χ0v) is 19.8. The number of nitrogens with zero attached hydrogens (tertiary/aromatic N) is 2. The van der Waals surface area contributed by atoms with Crippen LogP contribution in [0.15, 0.2) is 29.3 Å². The van der Waals surface area contributed by atoms with E-state index < -0.39 is 0 Å². The van der Waals surface area contributed by atoms with Crippen LogP contribution >= 0.6 is 24.0 Å². The van der Waals surface area contributed by atoms with E-state index in [0.29, 0.717) is 19.1 Å². The molecule has 28 heavy (non-hydrogen) atoms.